The molecule has 16 rings (SSSR count). The van der Waals surface area contributed by atoms with Crippen LogP contribution in [0.15, 0.2) is 0 Å². The minimum atomic E-state index is -0.351. The summed E-state index contributed by atoms with van der Waals surface area (Å²) >= 11 is 0. The van der Waals surface area contributed by atoms with Crippen LogP contribution >= 0.6 is 0 Å². The summed E-state index contributed by atoms with van der Waals surface area (Å²) in [5, 5.41) is 0. The highest BCUT2D eigenvalue weighted by molar-refractivity contribution is 5.78. The van der Waals surface area contributed by atoms with Crippen molar-refractivity contribution >= 4 is 23.9 Å². The van der Waals surface area contributed by atoms with Crippen LogP contribution in [0.3, 0.4) is 0 Å². The number of hydrogen-bond donors (Lipinski definition) is 0. The molecule has 0 saturated heterocycles. The van der Waals surface area contributed by atoms with Gasteiger partial charge in [-0.2, -0.15) is 0 Å². The molecule has 0 aromatic rings. The Bertz CT molecular complexity index is 2130. The molecule has 0 aromatic heterocycles. The highest BCUT2D eigenvalue weighted by Crippen LogP contribution is 2.65. The van der Waals surface area contributed by atoms with E-state index in [1.54, 1.807) is 0 Å². The third-order valence-electron chi connectivity index (χ3n) is 27.5. The van der Waals surface area contributed by atoms with E-state index in [9.17, 15) is 19.2 Å². The molecule has 8 heteroatoms. The number of rotatable bonds is 17. The van der Waals surface area contributed by atoms with Crippen LogP contribution in [0, 0.1) is 122 Å². The number of hydrogen-bond acceptors (Lipinski definition) is 8. The highest BCUT2D eigenvalue weighted by Gasteiger charge is 2.64. The van der Waals surface area contributed by atoms with Gasteiger partial charge in [0, 0.05) is 0 Å². The van der Waals surface area contributed by atoms with Crippen LogP contribution in [-0.4, -0.2) is 46.3 Å². The summed E-state index contributed by atoms with van der Waals surface area (Å²) in [4.78, 5) is 50.7. The SMILES string of the molecule is C.C.C.C.C.C.C.C.CCC(C)(C)C(=O)OC1(C(C)C)C2CC3CC(C2)CC1C3.CCC(C)(C)C(=O)OC1(C)C2CC3CC(C2)CC1C3.CCC(C)(C)C(=O)OC1(CC)C2CC3CC(C2)CC1C3.CCCCC1(OC(=O)C(C)(C)CC)C2CC3CC(C2)CC1C3. The van der Waals surface area contributed by atoms with E-state index >= 15 is 0 Å². The van der Waals surface area contributed by atoms with Gasteiger partial charge in [-0.25, -0.2) is 0 Å². The lowest BCUT2D eigenvalue weighted by Gasteiger charge is -2.62. The number of esters is 4. The summed E-state index contributed by atoms with van der Waals surface area (Å²) in [6, 6.07) is 0. The Morgan fingerprint density at radius 3 is 0.833 bits per heavy atom. The van der Waals surface area contributed by atoms with Gasteiger partial charge >= 0.3 is 23.9 Å². The average Bonchev–Trinajstić information content (AvgIpc) is 0.923. The van der Waals surface area contributed by atoms with Gasteiger partial charge in [0.15, 0.2) is 0 Å². The maximum absolute atomic E-state index is 12.8. The second kappa shape index (κ2) is 32.3. The molecule has 16 fully saturated rings. The fourth-order valence-electron chi connectivity index (χ4n) is 21.1. The fourth-order valence-corrected chi connectivity index (χ4v) is 21.1. The summed E-state index contributed by atoms with van der Waals surface area (Å²) in [6.45, 7) is 35.8. The minimum Gasteiger partial charge on any atom is -0.458 e. The van der Waals surface area contributed by atoms with Crippen molar-refractivity contribution in [3.8, 4) is 0 Å². The van der Waals surface area contributed by atoms with Crippen molar-refractivity contribution in [3.05, 3.63) is 0 Å². The Morgan fingerprint density at radius 2 is 0.578 bits per heavy atom. The molecule has 0 spiro atoms. The van der Waals surface area contributed by atoms with Crippen LogP contribution in [0.4, 0.5) is 0 Å². The Hall–Kier alpha value is -2.12. The molecule has 0 atom stereocenters. The highest BCUT2D eigenvalue weighted by atomic mass is 16.6. The lowest BCUT2D eigenvalue weighted by Crippen LogP contribution is -2.63. The monoisotopic (exact) mass is 1270 g/mol. The second-order valence-corrected chi connectivity index (χ2v) is 34.3. The van der Waals surface area contributed by atoms with Gasteiger partial charge in [0.25, 0.3) is 0 Å². The van der Waals surface area contributed by atoms with Gasteiger partial charge in [-0.1, -0.05) is 121 Å². The van der Waals surface area contributed by atoms with E-state index in [0.29, 0.717) is 53.3 Å². The second-order valence-electron chi connectivity index (χ2n) is 34.3. The number of carbonyl (C=O) groups excluding carboxylic acids is 4. The van der Waals surface area contributed by atoms with Crippen molar-refractivity contribution in [2.75, 3.05) is 0 Å². The predicted molar refractivity (Wildman–Crippen MR) is 384 cm³/mol. The molecule has 8 nitrogen and oxygen atoms in total. The van der Waals surface area contributed by atoms with Gasteiger partial charge in [-0.05, 0) is 336 Å². The zero-order valence-corrected chi connectivity index (χ0v) is 55.9. The molecule has 0 unspecified atom stereocenters. The first-order valence-corrected chi connectivity index (χ1v) is 35.4. The molecule has 0 amide bonds. The number of ether oxygens (including phenoxy) is 4. The van der Waals surface area contributed by atoms with Crippen molar-refractivity contribution in [2.24, 2.45) is 122 Å². The zero-order chi connectivity index (χ0) is 59.8. The Labute approximate surface area is 560 Å². The van der Waals surface area contributed by atoms with Crippen molar-refractivity contribution < 1.29 is 38.1 Å². The van der Waals surface area contributed by atoms with Crippen LogP contribution in [0.25, 0.3) is 0 Å². The van der Waals surface area contributed by atoms with Gasteiger partial charge in [0.2, 0.25) is 0 Å². The van der Waals surface area contributed by atoms with E-state index in [4.69, 9.17) is 18.9 Å². The summed E-state index contributed by atoms with van der Waals surface area (Å²) < 4.78 is 25.2. The van der Waals surface area contributed by atoms with Gasteiger partial charge in [-0.3, -0.25) is 19.2 Å². The average molecular weight is 1270 g/mol. The van der Waals surface area contributed by atoms with Crippen molar-refractivity contribution in [1.82, 2.24) is 0 Å². The predicted octanol–water partition coefficient (Wildman–Crippen LogP) is 24.0. The molecule has 16 aliphatic carbocycles. The standard InChI is InChI=1S/C20H34O2.C19H32O2.C18H30O2.C17H28O2.8CH4/c1-5-7-8-20(22-18(21)19(3,4)6-2)16-10-14-9-15(12-16)13-17(20)11-14;1-6-18(4,5)17(20)21-19(12(2)3)15-8-13-7-14(10-15)11-16(19)9-13;1-5-17(3,4)16(19)20-18(6-2)14-8-12-7-13(10-14)11-15(18)9-12;1-5-16(2,3)15(18)19-17(4)13-7-11-6-12(9-13)10-14(17)8-11;;;;;;;;/h14-17H,5-13H2,1-4H3;12-16H,6-11H2,1-5H3;12-15H,5-11H2,1-4H3;11-14H,5-10H2,1-4H3;8*1H4. The first-order valence-electron chi connectivity index (χ1n) is 35.4. The van der Waals surface area contributed by atoms with E-state index in [1.807, 2.05) is 55.4 Å². The van der Waals surface area contributed by atoms with E-state index in [1.165, 1.54) is 141 Å². The maximum Gasteiger partial charge on any atom is 0.312 e. The molecule has 0 aliphatic heterocycles. The molecule has 0 heterocycles. The molecule has 16 aliphatic rings. The topological polar surface area (TPSA) is 105 Å². The third kappa shape index (κ3) is 16.1. The van der Waals surface area contributed by atoms with Gasteiger partial charge in [0.1, 0.15) is 22.4 Å². The van der Waals surface area contributed by atoms with E-state index in [0.717, 1.165) is 85.9 Å². The molecule has 532 valence electrons. The first-order chi connectivity index (χ1) is 38.5. The van der Waals surface area contributed by atoms with Gasteiger partial charge in [0.05, 0.1) is 21.7 Å². The van der Waals surface area contributed by atoms with Gasteiger partial charge < -0.3 is 18.9 Å². The largest absolute Gasteiger partial charge is 0.458 e. The van der Waals surface area contributed by atoms with E-state index in [2.05, 4.69) is 62.3 Å². The Balaban J connectivity index is 0.000000583. The molecular weight excluding hydrogens is 1110 g/mol. The number of carbonyl (C=O) groups is 4. The van der Waals surface area contributed by atoms with Crippen molar-refractivity contribution in [1.29, 1.82) is 0 Å². The smallest absolute Gasteiger partial charge is 0.312 e. The van der Waals surface area contributed by atoms with Crippen LogP contribution in [0.5, 0.6) is 0 Å². The molecule has 16 bridgehead atoms. The molecular formula is C82H156O8. The molecule has 90 heavy (non-hydrogen) atoms. The summed E-state index contributed by atoms with van der Waals surface area (Å²) in [5.74, 6) is 13.0. The molecule has 0 aromatic carbocycles. The van der Waals surface area contributed by atoms with Crippen LogP contribution < -0.4 is 0 Å². The van der Waals surface area contributed by atoms with E-state index < -0.39 is 0 Å². The first kappa shape index (κ1) is 85.9. The zero-order valence-electron chi connectivity index (χ0n) is 55.9. The van der Waals surface area contributed by atoms with Crippen molar-refractivity contribution in [2.45, 2.75) is 379 Å². The molecule has 0 radical (unpaired) electrons. The van der Waals surface area contributed by atoms with Crippen molar-refractivity contribution in [3.63, 3.8) is 0 Å². The maximum atomic E-state index is 12.8. The summed E-state index contributed by atoms with van der Waals surface area (Å²) in [6.07, 6.45) is 34.5. The lowest BCUT2D eigenvalue weighted by molar-refractivity contribution is -0.231. The number of unbranched alkanes of at least 4 members (excludes halogenated alkanes) is 1. The molecule has 16 saturated carbocycles. The van der Waals surface area contributed by atoms with Crippen LogP contribution in [-0.2, 0) is 38.1 Å². The summed E-state index contributed by atoms with van der Waals surface area (Å²) in [7, 11) is 0. The normalized spacial score (nSPS) is 38.4. The van der Waals surface area contributed by atoms with E-state index in [-0.39, 0.29) is 127 Å². The summed E-state index contributed by atoms with van der Waals surface area (Å²) in [5.41, 5.74) is -1.95. The fraction of sp³-hybridized carbons (Fsp3) is 0.951. The van der Waals surface area contributed by atoms with Crippen LogP contribution in [0.1, 0.15) is 357 Å². The third-order valence-corrected chi connectivity index (χ3v) is 27.5. The van der Waals surface area contributed by atoms with Gasteiger partial charge in [-0.15, -0.1) is 0 Å². The van der Waals surface area contributed by atoms with Crippen LogP contribution in [0.2, 0.25) is 0 Å². The Kier molecular flexibility index (Phi) is 30.8. The Morgan fingerprint density at radius 1 is 0.344 bits per heavy atom. The quantitative estimate of drug-likeness (QED) is 0.105. The lowest BCUT2D eigenvalue weighted by atomic mass is 9.47. The molecule has 0 N–H and O–H groups in total. The minimum absolute atomic E-state index is 0.